The van der Waals surface area contributed by atoms with Crippen molar-refractivity contribution in [3.63, 3.8) is 0 Å². The number of hydrogen-bond donors (Lipinski definition) is 2. The van der Waals surface area contributed by atoms with E-state index in [1.54, 1.807) is 9.80 Å². The standard InChI is InChI=1S/C27H36F3N5O2/c1-19-15-33(21-13-24(28)26(30)25(29)14-21)10-11-35(19)27(37)31-8-9-32(2)22-12-23(18-36)34(17-22)16-20-6-4-3-5-7-20/h3-7,13-14,19,22-23,36H,8-12,15-18H2,1-2H3,(H,31,37)/t19-,22-,23-/m1/s1. The Balaban J connectivity index is 1.23. The molecule has 0 radical (unpaired) electrons. The second kappa shape index (κ2) is 12.1. The zero-order valence-corrected chi connectivity index (χ0v) is 21.4. The molecule has 2 aliphatic heterocycles. The number of rotatable bonds is 8. The van der Waals surface area contributed by atoms with Gasteiger partial charge in [-0.25, -0.2) is 18.0 Å². The Kier molecular flexibility index (Phi) is 8.94. The molecule has 2 aromatic rings. The second-order valence-electron chi connectivity index (χ2n) is 10.1. The monoisotopic (exact) mass is 519 g/mol. The zero-order valence-electron chi connectivity index (χ0n) is 21.4. The van der Waals surface area contributed by atoms with Crippen molar-refractivity contribution < 1.29 is 23.1 Å². The van der Waals surface area contributed by atoms with Crippen LogP contribution in [0.3, 0.4) is 0 Å². The molecule has 4 rings (SSSR count). The lowest BCUT2D eigenvalue weighted by atomic mass is 10.1. The largest absolute Gasteiger partial charge is 0.395 e. The molecule has 37 heavy (non-hydrogen) atoms. The third-order valence-corrected chi connectivity index (χ3v) is 7.53. The van der Waals surface area contributed by atoms with E-state index in [1.165, 1.54) is 5.56 Å². The van der Waals surface area contributed by atoms with Gasteiger partial charge >= 0.3 is 6.03 Å². The number of anilines is 1. The lowest BCUT2D eigenvalue weighted by Crippen LogP contribution is -2.57. The van der Waals surface area contributed by atoms with Gasteiger partial charge in [-0.3, -0.25) is 4.90 Å². The van der Waals surface area contributed by atoms with Crippen molar-refractivity contribution in [2.45, 2.75) is 38.0 Å². The summed E-state index contributed by atoms with van der Waals surface area (Å²) in [5.74, 6) is -3.92. The molecule has 3 atom stereocenters. The maximum absolute atomic E-state index is 13.6. The lowest BCUT2D eigenvalue weighted by Gasteiger charge is -2.41. The van der Waals surface area contributed by atoms with E-state index < -0.39 is 17.5 Å². The number of piperazine rings is 1. The van der Waals surface area contributed by atoms with Crippen LogP contribution < -0.4 is 10.2 Å². The number of likely N-dealkylation sites (tertiary alicyclic amines) is 1. The van der Waals surface area contributed by atoms with Crippen LogP contribution in [0.5, 0.6) is 0 Å². The van der Waals surface area contributed by atoms with Crippen LogP contribution in [0.25, 0.3) is 0 Å². The average molecular weight is 520 g/mol. The first kappa shape index (κ1) is 27.2. The molecule has 7 nitrogen and oxygen atoms in total. The first-order valence-corrected chi connectivity index (χ1v) is 12.8. The van der Waals surface area contributed by atoms with Gasteiger partial charge in [-0.1, -0.05) is 30.3 Å². The van der Waals surface area contributed by atoms with Gasteiger partial charge in [0.15, 0.2) is 17.5 Å². The molecule has 0 unspecified atom stereocenters. The van der Waals surface area contributed by atoms with E-state index in [9.17, 15) is 23.1 Å². The van der Waals surface area contributed by atoms with Crippen LogP contribution in [-0.4, -0.2) is 96.9 Å². The molecular weight excluding hydrogens is 483 g/mol. The Labute approximate surface area is 216 Å². The number of carbonyl (C=O) groups excluding carboxylic acids is 1. The fourth-order valence-corrected chi connectivity index (χ4v) is 5.32. The Morgan fingerprint density at radius 1 is 1.11 bits per heavy atom. The van der Waals surface area contributed by atoms with Gasteiger partial charge in [-0.05, 0) is 26.0 Å². The number of nitrogens with zero attached hydrogens (tertiary/aromatic N) is 4. The van der Waals surface area contributed by atoms with E-state index >= 15 is 0 Å². The van der Waals surface area contributed by atoms with Gasteiger partial charge in [0.05, 0.1) is 6.61 Å². The van der Waals surface area contributed by atoms with Crippen molar-refractivity contribution in [1.82, 2.24) is 20.0 Å². The third-order valence-electron chi connectivity index (χ3n) is 7.53. The quantitative estimate of drug-likeness (QED) is 0.526. The van der Waals surface area contributed by atoms with E-state index in [2.05, 4.69) is 27.2 Å². The fraction of sp³-hybridized carbons (Fsp3) is 0.519. The normalized spacial score (nSPS) is 22.6. The molecule has 2 aliphatic rings. The van der Waals surface area contributed by atoms with E-state index in [0.29, 0.717) is 32.7 Å². The minimum absolute atomic E-state index is 0.113. The maximum atomic E-state index is 13.6. The van der Waals surface area contributed by atoms with Crippen molar-refractivity contribution in [2.24, 2.45) is 0 Å². The molecule has 2 N–H and O–H groups in total. The Morgan fingerprint density at radius 3 is 2.46 bits per heavy atom. The van der Waals surface area contributed by atoms with E-state index in [1.807, 2.05) is 32.2 Å². The van der Waals surface area contributed by atoms with Crippen molar-refractivity contribution in [1.29, 1.82) is 0 Å². The molecule has 2 heterocycles. The van der Waals surface area contributed by atoms with Gasteiger partial charge in [0.25, 0.3) is 0 Å². The van der Waals surface area contributed by atoms with E-state index in [4.69, 9.17) is 0 Å². The first-order chi connectivity index (χ1) is 17.8. The van der Waals surface area contributed by atoms with Crippen LogP contribution in [0.2, 0.25) is 0 Å². The van der Waals surface area contributed by atoms with Crippen molar-refractivity contribution in [2.75, 3.05) is 57.8 Å². The van der Waals surface area contributed by atoms with E-state index in [0.717, 1.165) is 31.6 Å². The molecule has 2 amide bonds. The summed E-state index contributed by atoms with van der Waals surface area (Å²) in [6, 6.07) is 12.2. The third kappa shape index (κ3) is 6.55. The molecular formula is C27H36F3N5O2. The molecule has 0 aliphatic carbocycles. The molecule has 202 valence electrons. The van der Waals surface area contributed by atoms with Crippen molar-refractivity contribution >= 4 is 11.7 Å². The SMILES string of the molecule is C[C@@H]1CN(c2cc(F)c(F)c(F)c2)CCN1C(=O)NCCN(C)[C@@H]1C[C@H](CO)N(Cc2ccccc2)C1. The summed E-state index contributed by atoms with van der Waals surface area (Å²) >= 11 is 0. The average Bonchev–Trinajstić information content (AvgIpc) is 3.30. The number of hydrogen-bond acceptors (Lipinski definition) is 5. The van der Waals surface area contributed by atoms with E-state index in [-0.39, 0.29) is 36.5 Å². The number of carbonyl (C=O) groups is 1. The summed E-state index contributed by atoms with van der Waals surface area (Å²) in [5, 5.41) is 12.9. The molecule has 2 fully saturated rings. The minimum Gasteiger partial charge on any atom is -0.395 e. The predicted molar refractivity (Wildman–Crippen MR) is 137 cm³/mol. The zero-order chi connectivity index (χ0) is 26.5. The highest BCUT2D eigenvalue weighted by molar-refractivity contribution is 5.75. The number of halogens is 3. The Morgan fingerprint density at radius 2 is 1.81 bits per heavy atom. The van der Waals surface area contributed by atoms with Crippen molar-refractivity contribution in [3.8, 4) is 0 Å². The van der Waals surface area contributed by atoms with Gasteiger partial charge in [-0.15, -0.1) is 0 Å². The highest BCUT2D eigenvalue weighted by Gasteiger charge is 2.34. The minimum atomic E-state index is -1.48. The van der Waals surface area contributed by atoms with Crippen LogP contribution in [-0.2, 0) is 6.54 Å². The van der Waals surface area contributed by atoms with Crippen LogP contribution in [0.1, 0.15) is 18.9 Å². The fourth-order valence-electron chi connectivity index (χ4n) is 5.32. The number of benzene rings is 2. The lowest BCUT2D eigenvalue weighted by molar-refractivity contribution is 0.152. The number of likely N-dealkylation sites (N-methyl/N-ethyl adjacent to an activating group) is 1. The van der Waals surface area contributed by atoms with Crippen LogP contribution >= 0.6 is 0 Å². The van der Waals surface area contributed by atoms with Crippen LogP contribution in [0.15, 0.2) is 42.5 Å². The molecule has 2 saturated heterocycles. The summed E-state index contributed by atoms with van der Waals surface area (Å²) in [6.07, 6.45) is 0.872. The number of urea groups is 1. The molecule has 0 spiro atoms. The highest BCUT2D eigenvalue weighted by atomic mass is 19.2. The summed E-state index contributed by atoms with van der Waals surface area (Å²) in [7, 11) is 2.04. The highest BCUT2D eigenvalue weighted by Crippen LogP contribution is 2.25. The van der Waals surface area contributed by atoms with Crippen LogP contribution in [0, 0.1) is 17.5 Å². The Bertz CT molecular complexity index is 1040. The second-order valence-corrected chi connectivity index (χ2v) is 10.1. The maximum Gasteiger partial charge on any atom is 0.317 e. The molecule has 0 bridgehead atoms. The van der Waals surface area contributed by atoms with Gasteiger partial charge in [0.1, 0.15) is 0 Å². The molecule has 0 saturated carbocycles. The molecule has 2 aromatic carbocycles. The summed E-state index contributed by atoms with van der Waals surface area (Å²) in [5.41, 5.74) is 1.49. The number of amides is 2. The smallest absolute Gasteiger partial charge is 0.317 e. The number of nitrogens with one attached hydrogen (secondary N) is 1. The topological polar surface area (TPSA) is 62.3 Å². The van der Waals surface area contributed by atoms with Gasteiger partial charge < -0.3 is 25.1 Å². The summed E-state index contributed by atoms with van der Waals surface area (Å²) in [4.78, 5) is 20.8. The van der Waals surface area contributed by atoms with Crippen molar-refractivity contribution in [3.05, 3.63) is 65.5 Å². The van der Waals surface area contributed by atoms with Gasteiger partial charge in [0, 0.05) is 81.8 Å². The summed E-state index contributed by atoms with van der Waals surface area (Å²) in [6.45, 7) is 5.98. The number of aliphatic hydroxyl groups excluding tert-OH is 1. The molecule has 0 aromatic heterocycles. The van der Waals surface area contributed by atoms with Crippen LogP contribution in [0.4, 0.5) is 23.7 Å². The number of aliphatic hydroxyl groups is 1. The molecule has 10 heteroatoms. The predicted octanol–water partition coefficient (Wildman–Crippen LogP) is 2.89. The van der Waals surface area contributed by atoms with Gasteiger partial charge in [0.2, 0.25) is 0 Å². The van der Waals surface area contributed by atoms with Gasteiger partial charge in [-0.2, -0.15) is 0 Å². The first-order valence-electron chi connectivity index (χ1n) is 12.8. The Hall–Kier alpha value is -2.82. The summed E-state index contributed by atoms with van der Waals surface area (Å²) < 4.78 is 40.6.